The summed E-state index contributed by atoms with van der Waals surface area (Å²) in [6, 6.07) is 12.6. The van der Waals surface area contributed by atoms with Crippen molar-refractivity contribution in [2.45, 2.75) is 76.3 Å². The second-order valence-corrected chi connectivity index (χ2v) is 13.1. The number of carbonyl (C=O) groups excluding carboxylic acids is 2. The molecule has 0 radical (unpaired) electrons. The Bertz CT molecular complexity index is 1210. The Hall–Kier alpha value is -2.80. The molecule has 1 atom stereocenters. The standard InChI is InChI=1S/C32H40N2O4S/c1-20-5-3-4-6-25(20)27-16-21(7-9-26(27)30(36)33-28(31(37)38)11-12-39-2)8-10-29(35)34-32-17-22-13-23(18-32)15-24(14-22)19-32/h3-7,9,16,22-24,28H,8,10-15,17-19H2,1-2H3,(H,33,36)(H,34,35)(H,37,38)/t22?,23?,24?,28-,32?/m0/s1. The lowest BCUT2D eigenvalue weighted by atomic mass is 9.53. The summed E-state index contributed by atoms with van der Waals surface area (Å²) in [4.78, 5) is 38.2. The van der Waals surface area contributed by atoms with Gasteiger partial charge in [0, 0.05) is 17.5 Å². The van der Waals surface area contributed by atoms with Crippen LogP contribution < -0.4 is 10.6 Å². The minimum Gasteiger partial charge on any atom is -0.480 e. The van der Waals surface area contributed by atoms with Crippen LogP contribution in [0.1, 0.15) is 72.9 Å². The lowest BCUT2D eigenvalue weighted by molar-refractivity contribution is -0.139. The second kappa shape index (κ2) is 11.7. The van der Waals surface area contributed by atoms with E-state index in [9.17, 15) is 19.5 Å². The Balaban J connectivity index is 1.31. The minimum absolute atomic E-state index is 0.0110. The number of benzene rings is 2. The van der Waals surface area contributed by atoms with Crippen LogP contribution in [0.5, 0.6) is 0 Å². The van der Waals surface area contributed by atoms with Crippen LogP contribution in [0.3, 0.4) is 0 Å². The molecule has 7 heteroatoms. The van der Waals surface area contributed by atoms with Gasteiger partial charge in [-0.05, 0) is 116 Å². The zero-order chi connectivity index (χ0) is 27.6. The van der Waals surface area contributed by atoms with Gasteiger partial charge in [-0.15, -0.1) is 0 Å². The van der Waals surface area contributed by atoms with Crippen molar-refractivity contribution >= 4 is 29.5 Å². The molecule has 6 nitrogen and oxygen atoms in total. The summed E-state index contributed by atoms with van der Waals surface area (Å²) in [6.07, 6.45) is 10.7. The van der Waals surface area contributed by atoms with Gasteiger partial charge >= 0.3 is 5.97 Å². The number of nitrogens with one attached hydrogen (secondary N) is 2. The molecule has 2 aromatic rings. The van der Waals surface area contributed by atoms with Crippen molar-refractivity contribution in [3.63, 3.8) is 0 Å². The van der Waals surface area contributed by atoms with Gasteiger partial charge in [0.15, 0.2) is 0 Å². The van der Waals surface area contributed by atoms with Crippen LogP contribution in [0, 0.1) is 24.7 Å². The molecule has 2 amide bonds. The van der Waals surface area contributed by atoms with Gasteiger partial charge in [0.1, 0.15) is 6.04 Å². The highest BCUT2D eigenvalue weighted by Crippen LogP contribution is 2.55. The Kier molecular flexibility index (Phi) is 8.36. The Morgan fingerprint density at radius 1 is 1.00 bits per heavy atom. The van der Waals surface area contributed by atoms with Crippen LogP contribution in [0.15, 0.2) is 42.5 Å². The molecular weight excluding hydrogens is 508 g/mol. The van der Waals surface area contributed by atoms with Crippen molar-refractivity contribution in [2.75, 3.05) is 12.0 Å². The van der Waals surface area contributed by atoms with Crippen LogP contribution in [0.4, 0.5) is 0 Å². The van der Waals surface area contributed by atoms with E-state index in [4.69, 9.17) is 0 Å². The van der Waals surface area contributed by atoms with Crippen LogP contribution in [0.2, 0.25) is 0 Å². The fourth-order valence-electron chi connectivity index (χ4n) is 7.65. The molecule has 0 heterocycles. The van der Waals surface area contributed by atoms with Gasteiger partial charge in [0.05, 0.1) is 0 Å². The monoisotopic (exact) mass is 548 g/mol. The summed E-state index contributed by atoms with van der Waals surface area (Å²) in [5, 5.41) is 15.8. The maximum Gasteiger partial charge on any atom is 0.326 e. The lowest BCUT2D eigenvalue weighted by Gasteiger charge is -2.56. The molecule has 0 unspecified atom stereocenters. The smallest absolute Gasteiger partial charge is 0.326 e. The van der Waals surface area contributed by atoms with E-state index in [1.54, 1.807) is 17.8 Å². The van der Waals surface area contributed by atoms with Crippen LogP contribution >= 0.6 is 11.8 Å². The van der Waals surface area contributed by atoms with Crippen LogP contribution in [0.25, 0.3) is 11.1 Å². The third-order valence-electron chi connectivity index (χ3n) is 9.06. The molecule has 4 bridgehead atoms. The fraction of sp³-hybridized carbons (Fsp3) is 0.531. The molecule has 6 rings (SSSR count). The van der Waals surface area contributed by atoms with E-state index in [-0.39, 0.29) is 11.4 Å². The lowest BCUT2D eigenvalue weighted by Crippen LogP contribution is -2.59. The number of aliphatic carboxylic acids is 1. The summed E-state index contributed by atoms with van der Waals surface area (Å²) >= 11 is 1.55. The number of carboxylic acid groups (broad SMARTS) is 1. The highest BCUT2D eigenvalue weighted by atomic mass is 32.2. The first kappa shape index (κ1) is 27.8. The highest BCUT2D eigenvalue weighted by molar-refractivity contribution is 7.98. The normalized spacial score (nSPS) is 25.7. The zero-order valence-electron chi connectivity index (χ0n) is 23.0. The summed E-state index contributed by atoms with van der Waals surface area (Å²) in [6.45, 7) is 2.00. The average molecular weight is 549 g/mol. The number of carbonyl (C=O) groups is 3. The molecule has 4 aliphatic carbocycles. The highest BCUT2D eigenvalue weighted by Gasteiger charge is 2.51. The number of hydrogen-bond acceptors (Lipinski definition) is 4. The predicted octanol–water partition coefficient (Wildman–Crippen LogP) is 5.62. The van der Waals surface area contributed by atoms with Crippen LogP contribution in [-0.4, -0.2) is 46.5 Å². The number of carboxylic acids is 1. The summed E-state index contributed by atoms with van der Waals surface area (Å²) in [5.41, 5.74) is 4.17. The molecule has 4 saturated carbocycles. The summed E-state index contributed by atoms with van der Waals surface area (Å²) < 4.78 is 0. The van der Waals surface area contributed by atoms with Gasteiger partial charge < -0.3 is 15.7 Å². The molecule has 4 fully saturated rings. The fourth-order valence-corrected chi connectivity index (χ4v) is 8.12. The molecule has 0 saturated heterocycles. The van der Waals surface area contributed by atoms with Gasteiger partial charge in [-0.1, -0.05) is 36.4 Å². The zero-order valence-corrected chi connectivity index (χ0v) is 23.8. The Morgan fingerprint density at radius 3 is 2.28 bits per heavy atom. The molecule has 4 aliphatic rings. The van der Waals surface area contributed by atoms with Crippen molar-refractivity contribution in [2.24, 2.45) is 17.8 Å². The van der Waals surface area contributed by atoms with Gasteiger partial charge in [-0.3, -0.25) is 9.59 Å². The number of aryl methyl sites for hydroxylation is 2. The molecule has 0 aromatic heterocycles. The maximum atomic E-state index is 13.3. The van der Waals surface area contributed by atoms with E-state index >= 15 is 0 Å². The first-order valence-corrected chi connectivity index (χ1v) is 15.7. The summed E-state index contributed by atoms with van der Waals surface area (Å²) in [7, 11) is 0. The van der Waals surface area contributed by atoms with E-state index in [0.717, 1.165) is 59.3 Å². The summed E-state index contributed by atoms with van der Waals surface area (Å²) in [5.74, 6) is 1.69. The van der Waals surface area contributed by atoms with Crippen molar-refractivity contribution in [1.29, 1.82) is 0 Å². The Morgan fingerprint density at radius 2 is 1.67 bits per heavy atom. The second-order valence-electron chi connectivity index (χ2n) is 12.1. The average Bonchev–Trinajstić information content (AvgIpc) is 2.88. The maximum absolute atomic E-state index is 13.3. The van der Waals surface area contributed by atoms with E-state index in [2.05, 4.69) is 10.6 Å². The first-order valence-electron chi connectivity index (χ1n) is 14.3. The predicted molar refractivity (Wildman–Crippen MR) is 156 cm³/mol. The van der Waals surface area contributed by atoms with Gasteiger partial charge in [-0.2, -0.15) is 11.8 Å². The van der Waals surface area contributed by atoms with Crippen molar-refractivity contribution < 1.29 is 19.5 Å². The molecule has 2 aromatic carbocycles. The third kappa shape index (κ3) is 6.34. The largest absolute Gasteiger partial charge is 0.480 e. The van der Waals surface area contributed by atoms with Gasteiger partial charge in [-0.25, -0.2) is 4.79 Å². The number of amides is 2. The van der Waals surface area contributed by atoms with Crippen molar-refractivity contribution in [3.05, 3.63) is 59.2 Å². The minimum atomic E-state index is -1.03. The van der Waals surface area contributed by atoms with E-state index in [1.165, 1.54) is 19.3 Å². The van der Waals surface area contributed by atoms with E-state index in [0.29, 0.717) is 30.6 Å². The van der Waals surface area contributed by atoms with Crippen molar-refractivity contribution in [1.82, 2.24) is 10.6 Å². The molecular formula is C32H40N2O4S. The Labute approximate surface area is 235 Å². The number of rotatable bonds is 11. The molecule has 3 N–H and O–H groups in total. The molecule has 0 aliphatic heterocycles. The van der Waals surface area contributed by atoms with Crippen LogP contribution in [-0.2, 0) is 16.0 Å². The van der Waals surface area contributed by atoms with Gasteiger partial charge in [0.25, 0.3) is 5.91 Å². The van der Waals surface area contributed by atoms with E-state index in [1.807, 2.05) is 49.6 Å². The molecule has 39 heavy (non-hydrogen) atoms. The van der Waals surface area contributed by atoms with Gasteiger partial charge in [0.2, 0.25) is 5.91 Å². The topological polar surface area (TPSA) is 95.5 Å². The SMILES string of the molecule is CSCC[C@H](NC(=O)c1ccc(CCC(=O)NC23CC4CC(CC(C4)C2)C3)cc1-c1ccccc1C)C(=O)O. The molecule has 208 valence electrons. The third-order valence-corrected chi connectivity index (χ3v) is 9.71. The first-order chi connectivity index (χ1) is 18.7. The quantitative estimate of drug-likeness (QED) is 0.339. The molecule has 0 spiro atoms. The van der Waals surface area contributed by atoms with E-state index < -0.39 is 17.9 Å². The van der Waals surface area contributed by atoms with Crippen molar-refractivity contribution in [3.8, 4) is 11.1 Å². The number of thioether (sulfide) groups is 1. The number of hydrogen-bond donors (Lipinski definition) is 3.